The van der Waals surface area contributed by atoms with Crippen molar-refractivity contribution in [3.05, 3.63) is 131 Å². The highest BCUT2D eigenvalue weighted by Gasteiger charge is 2.30. The molecule has 11 N–H and O–H groups in total. The number of carbonyl (C=O) groups is 6. The van der Waals surface area contributed by atoms with Crippen LogP contribution in [0.15, 0.2) is 54.0 Å². The van der Waals surface area contributed by atoms with Crippen LogP contribution in [0.25, 0.3) is 22.1 Å². The number of hydrazone groups is 1. The van der Waals surface area contributed by atoms with Crippen molar-refractivity contribution in [1.29, 1.82) is 0 Å². The lowest BCUT2D eigenvalue weighted by Crippen LogP contribution is -3.00. The molecule has 0 aliphatic carbocycles. The molecule has 0 aromatic carbocycles. The molecule has 12 rings (SSSR count). The van der Waals surface area contributed by atoms with Gasteiger partial charge < -0.3 is 64.5 Å². The molecule has 0 saturated carbocycles. The van der Waals surface area contributed by atoms with Gasteiger partial charge in [-0.15, -0.1) is 0 Å². The number of hydrogen-bond acceptors (Lipinski definition) is 16. The number of anilines is 2. The van der Waals surface area contributed by atoms with Crippen molar-refractivity contribution in [2.45, 2.75) is 106 Å². The number of aromatic amines is 2. The molecule has 7 aromatic heterocycles. The fraction of sp³-hybridized carbons (Fsp3) is 0.400. The van der Waals surface area contributed by atoms with Crippen LogP contribution < -0.4 is 50.2 Å². The number of fused-ring (bicyclic) bond motifs is 6. The van der Waals surface area contributed by atoms with Gasteiger partial charge in [-0.2, -0.15) is 5.10 Å². The minimum atomic E-state index is -1.02. The van der Waals surface area contributed by atoms with E-state index in [0.29, 0.717) is 83.4 Å². The third-order valence-electron chi connectivity index (χ3n) is 14.0. The fourth-order valence-corrected chi connectivity index (χ4v) is 9.91. The summed E-state index contributed by atoms with van der Waals surface area (Å²) in [5.41, 5.74) is 23.3. The Morgan fingerprint density at radius 1 is 0.640 bits per heavy atom. The van der Waals surface area contributed by atoms with Gasteiger partial charge in [0.2, 0.25) is 11.8 Å². The molecule has 2 atom stereocenters. The van der Waals surface area contributed by atoms with Gasteiger partial charge >= 0.3 is 11.9 Å². The molecule has 3 fully saturated rings. The number of halogens is 6. The molecule has 490 valence electrons. The maximum absolute atomic E-state index is 11.6. The van der Waals surface area contributed by atoms with Crippen molar-refractivity contribution in [3.63, 3.8) is 0 Å². The number of carboxylic acids is 1. The zero-order chi connectivity index (χ0) is 64.2. The summed E-state index contributed by atoms with van der Waals surface area (Å²) in [4.78, 5) is 93.8. The number of aliphatic carboxylic acids is 1. The van der Waals surface area contributed by atoms with E-state index >= 15 is 0 Å². The van der Waals surface area contributed by atoms with Crippen molar-refractivity contribution < 1.29 is 59.6 Å². The van der Waals surface area contributed by atoms with Gasteiger partial charge in [0.05, 0.1) is 106 Å². The zero-order valence-electron chi connectivity index (χ0n) is 50.2. The Hall–Kier alpha value is -7.38. The molecule has 23 nitrogen and oxygen atoms in total. The highest BCUT2D eigenvalue weighted by atomic mass is 35.5. The van der Waals surface area contributed by atoms with Gasteiger partial charge in [-0.25, -0.2) is 9.97 Å². The Balaban J connectivity index is 0. The normalized spacial score (nSPS) is 16.7. The summed E-state index contributed by atoms with van der Waals surface area (Å²) >= 11 is 29.4. The Bertz CT molecular complexity index is 3680. The Morgan fingerprint density at radius 3 is 1.71 bits per heavy atom. The van der Waals surface area contributed by atoms with E-state index in [1.54, 1.807) is 37.6 Å². The fourth-order valence-electron chi connectivity index (χ4n) is 9.05. The van der Waals surface area contributed by atoms with Crippen LogP contribution in [-0.4, -0.2) is 121 Å². The number of rotatable bonds is 5. The number of amides is 4. The van der Waals surface area contributed by atoms with Crippen molar-refractivity contribution >= 4 is 133 Å². The first-order valence-electron chi connectivity index (χ1n) is 28.4. The van der Waals surface area contributed by atoms with Crippen LogP contribution in [0.1, 0.15) is 115 Å². The van der Waals surface area contributed by atoms with E-state index in [0.717, 1.165) is 123 Å². The summed E-state index contributed by atoms with van der Waals surface area (Å²) in [6.45, 7) is 18.0. The number of esters is 1. The molecule has 5 aliphatic rings. The molecule has 2 unspecified atom stereocenters. The van der Waals surface area contributed by atoms with Crippen LogP contribution >= 0.6 is 58.0 Å². The van der Waals surface area contributed by atoms with E-state index in [2.05, 4.69) is 72.0 Å². The van der Waals surface area contributed by atoms with E-state index in [9.17, 15) is 28.8 Å². The Kier molecular flexibility index (Phi) is 28.6. The van der Waals surface area contributed by atoms with Crippen LogP contribution in [0.2, 0.25) is 25.1 Å². The van der Waals surface area contributed by atoms with E-state index in [-0.39, 0.29) is 44.6 Å². The number of hydrogen-bond donors (Lipinski definition) is 10. The summed E-state index contributed by atoms with van der Waals surface area (Å²) in [7, 11) is 0. The van der Waals surface area contributed by atoms with Crippen molar-refractivity contribution in [1.82, 2.24) is 61.5 Å². The number of carbonyl (C=O) groups excluding carboxylic acids is 5. The Morgan fingerprint density at radius 2 is 1.17 bits per heavy atom. The van der Waals surface area contributed by atoms with Gasteiger partial charge in [0.15, 0.2) is 0 Å². The first-order valence-corrected chi connectivity index (χ1v) is 30.3. The maximum atomic E-state index is 11.6. The van der Waals surface area contributed by atoms with E-state index in [1.165, 1.54) is 11.3 Å². The van der Waals surface area contributed by atoms with E-state index < -0.39 is 23.8 Å². The van der Waals surface area contributed by atoms with Crippen LogP contribution in [0, 0.1) is 53.4 Å². The number of nitrogens with zero attached hydrogens (tertiary/aromatic N) is 6. The lowest BCUT2D eigenvalue weighted by atomic mass is 9.99. The van der Waals surface area contributed by atoms with Crippen LogP contribution in [0.4, 0.5) is 11.4 Å². The predicted molar refractivity (Wildman–Crippen MR) is 356 cm³/mol. The molecule has 3 saturated heterocycles. The lowest BCUT2D eigenvalue weighted by Gasteiger charge is -2.19. The second kappa shape index (κ2) is 35.1. The van der Waals surface area contributed by atoms with E-state index in [4.69, 9.17) is 73.6 Å². The van der Waals surface area contributed by atoms with Crippen molar-refractivity contribution in [3.8, 4) is 0 Å². The smallest absolute Gasteiger partial charge is 0.318 e. The van der Waals surface area contributed by atoms with E-state index in [1.807, 2.05) is 59.7 Å². The third kappa shape index (κ3) is 21.1. The quantitative estimate of drug-likeness (QED) is 0.0446. The molecule has 0 radical (unpaired) electrons. The van der Waals surface area contributed by atoms with Crippen molar-refractivity contribution in [2.24, 2.45) is 16.9 Å². The third-order valence-corrected chi connectivity index (χ3v) is 15.9. The van der Waals surface area contributed by atoms with Gasteiger partial charge in [-0.05, 0) is 142 Å². The number of pyridine rings is 5. The van der Waals surface area contributed by atoms with Crippen LogP contribution in [0.3, 0.4) is 0 Å². The highest BCUT2D eigenvalue weighted by Crippen LogP contribution is 2.29. The van der Waals surface area contributed by atoms with Gasteiger partial charge in [0, 0.05) is 64.3 Å². The largest absolute Gasteiger partial charge is 1.00 e. The second-order valence-corrected chi connectivity index (χ2v) is 22.7. The molecule has 0 spiro atoms. The molecule has 4 amide bonds. The molecule has 7 aromatic rings. The van der Waals surface area contributed by atoms with Gasteiger partial charge in [0.25, 0.3) is 11.8 Å². The number of nitrogens with one attached hydrogen (secondary N) is 8. The predicted octanol–water partition coefficient (Wildman–Crippen LogP) is 7.83. The first-order chi connectivity index (χ1) is 41.9. The number of nitrogens with two attached hydrogens (primary N) is 1. The molecule has 89 heavy (non-hydrogen) atoms. The first kappa shape index (κ1) is 72.4. The highest BCUT2D eigenvalue weighted by molar-refractivity contribution is 6.39. The average Bonchev–Trinajstić information content (AvgIpc) is 1.64. The zero-order valence-corrected chi connectivity index (χ0v) is 54.7. The molecular weight excluding hydrogens is 1270 g/mol. The number of carboxylic acid groups (broad SMARTS) is 1. The molecule has 5 aliphatic heterocycles. The molecule has 12 heterocycles. The Labute approximate surface area is 555 Å². The number of aryl methyl sites for hydroxylation is 6. The minimum absolute atomic E-state index is 0. The number of nitrogen functional groups attached to an aromatic ring is 1. The molecular formula is C60H84Cl6N15O8-. The average molecular weight is 1360 g/mol. The molecule has 29 heteroatoms. The SMILES string of the molecule is CCOC(=O)C1CCCNC1=O.Cc1cnc(C)c(Cl)c1.Cc1nc2c3c([nH]c2cc1Cl)C(=O)NCC3.Cc1nc2c3c([nH]c2cc1Cl)CNCC3.Cc1ncc(N)cc1Cl.Cc1ncc(N/N=C2/CCCNC2=O)cc1Cl.O=C(O)C1CCCNC1=O.[Cl-].[HH].[HH].[HH].[HH].[HH].[HH]. The van der Waals surface area contributed by atoms with Crippen LogP contribution in [-0.2, 0) is 48.1 Å². The van der Waals surface area contributed by atoms with Crippen LogP contribution in [0.5, 0.6) is 0 Å². The monoisotopic (exact) mass is 1350 g/mol. The summed E-state index contributed by atoms with van der Waals surface area (Å²) in [6.07, 6.45) is 11.2. The molecule has 0 bridgehead atoms. The number of aromatic nitrogens is 7. The van der Waals surface area contributed by atoms with Gasteiger partial charge in [-0.3, -0.25) is 49.1 Å². The maximum Gasteiger partial charge on any atom is 0.318 e. The number of piperidine rings is 3. The van der Waals surface area contributed by atoms with Crippen molar-refractivity contribution in [2.75, 3.05) is 50.5 Å². The standard InChI is InChI=1S/C11H13ClN4O.C11H10ClN3O.C11H12ClN3.C8H13NO3.C7H8ClN.C6H7ClN2.C6H9NO3.ClH.6H2/c1-7-9(12)5-8(6-14-7)15-16-10-3-2-4-13-11(10)17;1-5-7(12)4-8-9(14-5)6-2-3-13-11(16)10(6)15-8;1-6-8(12)4-9-11(14-6)7-2-3-13-5-10(7)15-9;1-2-12-8(11)6-4-3-5-9-7(6)10;1-5-3-7(8)6(2)9-4-5;1-4-6(7)2-5(8)3-9-4;8-5-4(6(9)10)2-1-3-7-5;;;;;;;/h5-6,15H,2-4H2,1H3,(H,13,17);4,15H,2-3H2,1H3,(H,13,16);4,13,15H,2-3,5H2,1H3;6H,2-5H2,1H3,(H,9,10);3-4H,1-2H3;2-3H,8H2,1H3;4H,1-3H2,(H,7,8)(H,9,10);7*1H/p-1/b16-10-;;;;;;;;;;;;;. The summed E-state index contributed by atoms with van der Waals surface area (Å²) in [5.74, 6) is -3.51. The summed E-state index contributed by atoms with van der Waals surface area (Å²) in [6, 6.07) is 9.12. The summed E-state index contributed by atoms with van der Waals surface area (Å²) in [5, 5.41) is 29.8. The minimum Gasteiger partial charge on any atom is -1.00 e. The van der Waals surface area contributed by atoms with Gasteiger partial charge in [-0.1, -0.05) is 58.0 Å². The van der Waals surface area contributed by atoms with Gasteiger partial charge in [0.1, 0.15) is 23.2 Å². The summed E-state index contributed by atoms with van der Waals surface area (Å²) < 4.78 is 4.75. The second-order valence-electron chi connectivity index (χ2n) is 20.7. The topological polar surface area (TPSA) is 338 Å². The lowest BCUT2D eigenvalue weighted by molar-refractivity contribution is -0.153. The number of H-pyrrole nitrogens is 2. The number of ether oxygens (including phenoxy) is 1.